The first-order valence-electron chi connectivity index (χ1n) is 10.7. The number of anilines is 1. The Hall–Kier alpha value is -4.26. The number of esters is 1. The Morgan fingerprint density at radius 2 is 1.59 bits per heavy atom. The van der Waals surface area contributed by atoms with Crippen LogP contribution in [-0.2, 0) is 14.3 Å². The number of carbonyl (C=O) groups is 3. The fourth-order valence-corrected chi connectivity index (χ4v) is 4.02. The predicted octanol–water partition coefficient (Wildman–Crippen LogP) is 4.94. The molecule has 1 fully saturated rings. The van der Waals surface area contributed by atoms with Crippen molar-refractivity contribution in [2.45, 2.75) is 19.9 Å². The van der Waals surface area contributed by atoms with Crippen molar-refractivity contribution in [3.63, 3.8) is 0 Å². The number of Topliss-reactive ketones (excluding diaryl/α,β-unsaturated/α-hetero) is 1. The van der Waals surface area contributed by atoms with Gasteiger partial charge < -0.3 is 9.84 Å². The SMILES string of the molecule is CCOC(=O)c1ccc(N2C(=O)C(=O)/C(=C(/O)c3ccc(F)cc3)C2c2ccccc2C)cc1. The van der Waals surface area contributed by atoms with E-state index in [0.717, 1.165) is 5.56 Å². The number of halogens is 1. The maximum atomic E-state index is 13.4. The molecule has 0 radical (unpaired) electrons. The zero-order valence-electron chi connectivity index (χ0n) is 18.6. The third-order valence-electron chi connectivity index (χ3n) is 5.70. The number of ketones is 1. The zero-order chi connectivity index (χ0) is 24.4. The molecule has 1 aliphatic heterocycles. The molecule has 7 heteroatoms. The Balaban J connectivity index is 1.88. The highest BCUT2D eigenvalue weighted by Crippen LogP contribution is 2.43. The number of aliphatic hydroxyl groups is 1. The molecule has 0 bridgehead atoms. The van der Waals surface area contributed by atoms with E-state index in [0.29, 0.717) is 16.8 Å². The molecule has 1 N–H and O–H groups in total. The summed E-state index contributed by atoms with van der Waals surface area (Å²) in [5, 5.41) is 11.1. The Morgan fingerprint density at radius 1 is 0.971 bits per heavy atom. The summed E-state index contributed by atoms with van der Waals surface area (Å²) in [6.45, 7) is 3.78. The van der Waals surface area contributed by atoms with Crippen LogP contribution < -0.4 is 4.90 Å². The van der Waals surface area contributed by atoms with Crippen LogP contribution in [0.4, 0.5) is 10.1 Å². The van der Waals surface area contributed by atoms with Crippen LogP contribution in [0.3, 0.4) is 0 Å². The van der Waals surface area contributed by atoms with Crippen LogP contribution in [0, 0.1) is 12.7 Å². The lowest BCUT2D eigenvalue weighted by molar-refractivity contribution is -0.132. The number of hydrogen-bond donors (Lipinski definition) is 1. The molecule has 3 aromatic carbocycles. The minimum absolute atomic E-state index is 0.0969. The predicted molar refractivity (Wildman–Crippen MR) is 125 cm³/mol. The van der Waals surface area contributed by atoms with Crippen molar-refractivity contribution in [2.75, 3.05) is 11.5 Å². The van der Waals surface area contributed by atoms with Gasteiger partial charge in [-0.25, -0.2) is 9.18 Å². The Bertz CT molecular complexity index is 1300. The summed E-state index contributed by atoms with van der Waals surface area (Å²) in [7, 11) is 0. The van der Waals surface area contributed by atoms with Gasteiger partial charge in [0.05, 0.1) is 23.8 Å². The Kier molecular flexibility index (Phi) is 6.27. The van der Waals surface area contributed by atoms with Gasteiger partial charge in [-0.05, 0) is 73.5 Å². The van der Waals surface area contributed by atoms with Gasteiger partial charge >= 0.3 is 5.97 Å². The summed E-state index contributed by atoms with van der Waals surface area (Å²) in [5.74, 6) is -3.06. The fraction of sp³-hybridized carbons (Fsp3) is 0.148. The summed E-state index contributed by atoms with van der Waals surface area (Å²) in [4.78, 5) is 39.7. The third-order valence-corrected chi connectivity index (χ3v) is 5.70. The fourth-order valence-electron chi connectivity index (χ4n) is 4.02. The van der Waals surface area contributed by atoms with Crippen LogP contribution >= 0.6 is 0 Å². The summed E-state index contributed by atoms with van der Waals surface area (Å²) in [6.07, 6.45) is 0. The van der Waals surface area contributed by atoms with Crippen molar-refractivity contribution in [1.82, 2.24) is 0 Å². The van der Waals surface area contributed by atoms with E-state index in [-0.39, 0.29) is 17.7 Å². The van der Waals surface area contributed by atoms with Gasteiger partial charge in [0.15, 0.2) is 0 Å². The van der Waals surface area contributed by atoms with E-state index in [1.807, 2.05) is 19.1 Å². The molecule has 0 spiro atoms. The molecular weight excluding hydrogens is 437 g/mol. The number of benzene rings is 3. The largest absolute Gasteiger partial charge is 0.507 e. The molecular formula is C27H22FNO5. The van der Waals surface area contributed by atoms with Gasteiger partial charge in [0, 0.05) is 11.3 Å². The van der Waals surface area contributed by atoms with E-state index in [2.05, 4.69) is 0 Å². The van der Waals surface area contributed by atoms with Crippen LogP contribution in [0.15, 0.2) is 78.4 Å². The van der Waals surface area contributed by atoms with Gasteiger partial charge in [0.25, 0.3) is 11.7 Å². The van der Waals surface area contributed by atoms with E-state index >= 15 is 0 Å². The molecule has 6 nitrogen and oxygen atoms in total. The van der Waals surface area contributed by atoms with Crippen molar-refractivity contribution >= 4 is 29.1 Å². The van der Waals surface area contributed by atoms with Crippen LogP contribution in [0.25, 0.3) is 5.76 Å². The molecule has 34 heavy (non-hydrogen) atoms. The number of carbonyl (C=O) groups excluding carboxylic acids is 3. The number of aliphatic hydroxyl groups excluding tert-OH is 1. The molecule has 0 saturated carbocycles. The highest BCUT2D eigenvalue weighted by molar-refractivity contribution is 6.51. The maximum Gasteiger partial charge on any atom is 0.338 e. The van der Waals surface area contributed by atoms with Crippen LogP contribution in [0.2, 0.25) is 0 Å². The highest BCUT2D eigenvalue weighted by Gasteiger charge is 2.47. The number of nitrogens with zero attached hydrogens (tertiary/aromatic N) is 1. The second-order valence-electron chi connectivity index (χ2n) is 7.80. The van der Waals surface area contributed by atoms with E-state index in [4.69, 9.17) is 4.74 Å². The number of amides is 1. The van der Waals surface area contributed by atoms with Crippen LogP contribution in [0.5, 0.6) is 0 Å². The lowest BCUT2D eigenvalue weighted by Crippen LogP contribution is -2.29. The van der Waals surface area contributed by atoms with Gasteiger partial charge in [-0.15, -0.1) is 0 Å². The summed E-state index contributed by atoms with van der Waals surface area (Å²) < 4.78 is 18.4. The van der Waals surface area contributed by atoms with Crippen LogP contribution in [-0.4, -0.2) is 29.4 Å². The monoisotopic (exact) mass is 459 g/mol. The van der Waals surface area contributed by atoms with Gasteiger partial charge in [0.2, 0.25) is 0 Å². The molecule has 1 heterocycles. The second kappa shape index (κ2) is 9.31. The van der Waals surface area contributed by atoms with Crippen molar-refractivity contribution < 1.29 is 28.6 Å². The van der Waals surface area contributed by atoms with E-state index in [1.54, 1.807) is 31.2 Å². The average molecular weight is 459 g/mol. The number of hydrogen-bond acceptors (Lipinski definition) is 5. The first-order valence-corrected chi connectivity index (χ1v) is 10.7. The van der Waals surface area contributed by atoms with Crippen molar-refractivity contribution in [3.8, 4) is 0 Å². The topological polar surface area (TPSA) is 83.9 Å². The standard InChI is InChI=1S/C27H22FNO5/c1-3-34-27(33)18-10-14-20(15-11-18)29-23(21-7-5-4-6-16(21)2)22(25(31)26(29)32)24(30)17-8-12-19(28)13-9-17/h4-15,23,30H,3H2,1-2H3/b24-22+. The number of rotatable bonds is 5. The quantitative estimate of drug-likeness (QED) is 0.253. The molecule has 4 rings (SSSR count). The van der Waals surface area contributed by atoms with E-state index in [1.165, 1.54) is 41.3 Å². The summed E-state index contributed by atoms with van der Waals surface area (Å²) in [6, 6.07) is 17.5. The normalized spacial score (nSPS) is 17.1. The lowest BCUT2D eigenvalue weighted by Gasteiger charge is -2.26. The van der Waals surface area contributed by atoms with Gasteiger partial charge in [-0.2, -0.15) is 0 Å². The maximum absolute atomic E-state index is 13.4. The number of aryl methyl sites for hydroxylation is 1. The molecule has 1 saturated heterocycles. The average Bonchev–Trinajstić information content (AvgIpc) is 3.10. The number of ether oxygens (including phenoxy) is 1. The smallest absolute Gasteiger partial charge is 0.338 e. The first kappa shape index (κ1) is 22.9. The molecule has 3 aromatic rings. The summed E-state index contributed by atoms with van der Waals surface area (Å²) >= 11 is 0. The van der Waals surface area contributed by atoms with E-state index < -0.39 is 35.3 Å². The molecule has 0 aromatic heterocycles. The zero-order valence-corrected chi connectivity index (χ0v) is 18.6. The lowest BCUT2D eigenvalue weighted by atomic mass is 9.92. The Morgan fingerprint density at radius 3 is 2.21 bits per heavy atom. The van der Waals surface area contributed by atoms with Gasteiger partial charge in [0.1, 0.15) is 11.6 Å². The van der Waals surface area contributed by atoms with Crippen molar-refractivity contribution in [1.29, 1.82) is 0 Å². The first-order chi connectivity index (χ1) is 16.3. The minimum Gasteiger partial charge on any atom is -0.507 e. The minimum atomic E-state index is -0.917. The van der Waals surface area contributed by atoms with Crippen molar-refractivity contribution in [3.05, 3.63) is 106 Å². The van der Waals surface area contributed by atoms with Crippen molar-refractivity contribution in [2.24, 2.45) is 0 Å². The van der Waals surface area contributed by atoms with E-state index in [9.17, 15) is 23.9 Å². The molecule has 0 aliphatic carbocycles. The Labute approximate surface area is 195 Å². The molecule has 1 amide bonds. The molecule has 1 aliphatic rings. The molecule has 1 unspecified atom stereocenters. The second-order valence-corrected chi connectivity index (χ2v) is 7.80. The molecule has 1 atom stereocenters. The molecule has 172 valence electrons. The van der Waals surface area contributed by atoms with Gasteiger partial charge in [-0.3, -0.25) is 14.5 Å². The third kappa shape index (κ3) is 4.08. The van der Waals surface area contributed by atoms with Gasteiger partial charge in [-0.1, -0.05) is 24.3 Å². The highest BCUT2D eigenvalue weighted by atomic mass is 19.1. The summed E-state index contributed by atoms with van der Waals surface area (Å²) in [5.41, 5.74) is 2.27. The van der Waals surface area contributed by atoms with Crippen LogP contribution in [0.1, 0.15) is 40.0 Å².